The third kappa shape index (κ3) is 4.82. The molecule has 7 nitrogen and oxygen atoms in total. The van der Waals surface area contributed by atoms with Crippen LogP contribution in [0.5, 0.6) is 0 Å². The van der Waals surface area contributed by atoms with Gasteiger partial charge in [0.1, 0.15) is 12.4 Å². The lowest BCUT2D eigenvalue weighted by molar-refractivity contribution is 0.0882. The molecule has 2 aromatic carbocycles. The van der Waals surface area contributed by atoms with E-state index >= 15 is 0 Å². The largest absolute Gasteiger partial charge is 0.445 e. The van der Waals surface area contributed by atoms with Crippen LogP contribution in [0.1, 0.15) is 29.9 Å². The monoisotopic (exact) mass is 420 g/mol. The number of hydrogen-bond acceptors (Lipinski definition) is 6. The zero-order valence-electron chi connectivity index (χ0n) is 17.9. The summed E-state index contributed by atoms with van der Waals surface area (Å²) in [5.74, 6) is 0.782. The molecule has 2 heterocycles. The minimum absolute atomic E-state index is 0.255. The molecule has 1 aliphatic heterocycles. The van der Waals surface area contributed by atoms with Gasteiger partial charge >= 0.3 is 6.09 Å². The molecule has 1 aliphatic rings. The molecule has 1 fully saturated rings. The van der Waals surface area contributed by atoms with Crippen molar-refractivity contribution in [1.82, 2.24) is 10.1 Å². The molecule has 4 rings (SSSR count). The van der Waals surface area contributed by atoms with Crippen LogP contribution in [0, 0.1) is 13.8 Å². The normalized spacial score (nSPS) is 14.5. The molecule has 1 saturated heterocycles. The molecule has 0 saturated carbocycles. The number of aryl methyl sites for hydroxylation is 2. The maximum atomic E-state index is 12.3. The molecule has 3 N–H and O–H groups in total. The lowest BCUT2D eigenvalue weighted by atomic mass is 10.0. The van der Waals surface area contributed by atoms with Crippen molar-refractivity contribution >= 4 is 17.5 Å². The molecule has 7 heteroatoms. The summed E-state index contributed by atoms with van der Waals surface area (Å²) in [4.78, 5) is 14.1. The molecule has 3 aromatic rings. The van der Waals surface area contributed by atoms with Gasteiger partial charge in [0.2, 0.25) is 0 Å². The maximum Gasteiger partial charge on any atom is 0.410 e. The number of carbonyl (C=O) groups excluding carboxylic acids is 1. The van der Waals surface area contributed by atoms with Gasteiger partial charge in [-0.15, -0.1) is 0 Å². The second-order valence-electron chi connectivity index (χ2n) is 7.95. The number of nitrogens with two attached hydrogens (primary N) is 1. The van der Waals surface area contributed by atoms with E-state index in [4.69, 9.17) is 15.0 Å². The van der Waals surface area contributed by atoms with Crippen molar-refractivity contribution in [3.8, 4) is 11.1 Å². The SMILES string of the molecule is Cc1noc(C)c1-c1ccc(NC2CCN(C(=O)OCc3ccccc3)CC2)c(N)c1. The molecular weight excluding hydrogens is 392 g/mol. The summed E-state index contributed by atoms with van der Waals surface area (Å²) in [5, 5.41) is 7.54. The summed E-state index contributed by atoms with van der Waals surface area (Å²) in [5.41, 5.74) is 11.7. The first-order valence-electron chi connectivity index (χ1n) is 10.6. The van der Waals surface area contributed by atoms with Crippen LogP contribution in [0.4, 0.5) is 16.2 Å². The number of nitrogens with one attached hydrogen (secondary N) is 1. The Morgan fingerprint density at radius 2 is 1.94 bits per heavy atom. The summed E-state index contributed by atoms with van der Waals surface area (Å²) >= 11 is 0. The third-order valence-corrected chi connectivity index (χ3v) is 5.69. The van der Waals surface area contributed by atoms with Gasteiger partial charge < -0.3 is 25.2 Å². The van der Waals surface area contributed by atoms with Gasteiger partial charge in [0.25, 0.3) is 0 Å². The quantitative estimate of drug-likeness (QED) is 0.579. The highest BCUT2D eigenvalue weighted by atomic mass is 16.6. The third-order valence-electron chi connectivity index (χ3n) is 5.69. The second kappa shape index (κ2) is 9.12. The average molecular weight is 421 g/mol. The average Bonchev–Trinajstić information content (AvgIpc) is 3.12. The summed E-state index contributed by atoms with van der Waals surface area (Å²) in [6.07, 6.45) is 1.42. The van der Waals surface area contributed by atoms with E-state index < -0.39 is 0 Å². The number of carbonyl (C=O) groups is 1. The van der Waals surface area contributed by atoms with Gasteiger partial charge in [0.15, 0.2) is 0 Å². The van der Waals surface area contributed by atoms with E-state index in [-0.39, 0.29) is 12.1 Å². The van der Waals surface area contributed by atoms with E-state index in [2.05, 4.69) is 10.5 Å². The summed E-state index contributed by atoms with van der Waals surface area (Å²) in [6.45, 7) is 5.43. The number of rotatable bonds is 5. The van der Waals surface area contributed by atoms with Gasteiger partial charge in [0.05, 0.1) is 17.1 Å². The van der Waals surface area contributed by atoms with Gasteiger partial charge in [-0.25, -0.2) is 4.79 Å². The van der Waals surface area contributed by atoms with Crippen LogP contribution < -0.4 is 11.1 Å². The number of benzene rings is 2. The van der Waals surface area contributed by atoms with E-state index in [1.54, 1.807) is 4.90 Å². The Bertz CT molecular complexity index is 1020. The number of piperidine rings is 1. The lowest BCUT2D eigenvalue weighted by Crippen LogP contribution is -2.42. The highest BCUT2D eigenvalue weighted by Crippen LogP contribution is 2.32. The molecule has 162 valence electrons. The van der Waals surface area contributed by atoms with E-state index in [9.17, 15) is 4.79 Å². The minimum Gasteiger partial charge on any atom is -0.445 e. The zero-order valence-corrected chi connectivity index (χ0v) is 17.9. The summed E-state index contributed by atoms with van der Waals surface area (Å²) in [6, 6.07) is 15.9. The predicted molar refractivity (Wildman–Crippen MR) is 121 cm³/mol. The molecule has 31 heavy (non-hydrogen) atoms. The van der Waals surface area contributed by atoms with Crippen molar-refractivity contribution in [2.45, 2.75) is 39.3 Å². The number of aromatic nitrogens is 1. The molecule has 0 unspecified atom stereocenters. The van der Waals surface area contributed by atoms with Crippen molar-refractivity contribution < 1.29 is 14.1 Å². The number of anilines is 2. The highest BCUT2D eigenvalue weighted by molar-refractivity contribution is 5.77. The van der Waals surface area contributed by atoms with Crippen molar-refractivity contribution in [3.63, 3.8) is 0 Å². The van der Waals surface area contributed by atoms with E-state index in [1.165, 1.54) is 0 Å². The smallest absolute Gasteiger partial charge is 0.410 e. The Morgan fingerprint density at radius 3 is 2.58 bits per heavy atom. The molecule has 0 bridgehead atoms. The van der Waals surface area contributed by atoms with Gasteiger partial charge in [-0.3, -0.25) is 0 Å². The maximum absolute atomic E-state index is 12.3. The molecule has 0 spiro atoms. The first kappa shape index (κ1) is 20.8. The van der Waals surface area contributed by atoms with Crippen molar-refractivity contribution in [3.05, 3.63) is 65.5 Å². The summed E-state index contributed by atoms with van der Waals surface area (Å²) in [7, 11) is 0. The lowest BCUT2D eigenvalue weighted by Gasteiger charge is -2.32. The van der Waals surface area contributed by atoms with Crippen LogP contribution in [0.15, 0.2) is 53.1 Å². The first-order chi connectivity index (χ1) is 15.0. The standard InChI is InChI=1S/C24H28N4O3/c1-16-23(17(2)31-27-16)19-8-9-22(21(25)14-19)26-20-10-12-28(13-11-20)24(29)30-15-18-6-4-3-5-7-18/h3-9,14,20,26H,10-13,15,25H2,1-2H3. The van der Waals surface area contributed by atoms with E-state index in [0.29, 0.717) is 25.4 Å². The van der Waals surface area contributed by atoms with E-state index in [0.717, 1.165) is 46.7 Å². The Hall–Kier alpha value is -3.48. The number of hydrogen-bond donors (Lipinski definition) is 2. The minimum atomic E-state index is -0.259. The van der Waals surface area contributed by atoms with Crippen molar-refractivity contribution in [2.75, 3.05) is 24.1 Å². The molecule has 0 aliphatic carbocycles. The van der Waals surface area contributed by atoms with Crippen LogP contribution in [-0.2, 0) is 11.3 Å². The van der Waals surface area contributed by atoms with Gasteiger partial charge in [-0.2, -0.15) is 0 Å². The zero-order chi connectivity index (χ0) is 21.8. The van der Waals surface area contributed by atoms with Crippen molar-refractivity contribution in [1.29, 1.82) is 0 Å². The van der Waals surface area contributed by atoms with Gasteiger partial charge in [0, 0.05) is 24.7 Å². The second-order valence-corrected chi connectivity index (χ2v) is 7.95. The van der Waals surface area contributed by atoms with Crippen LogP contribution >= 0.6 is 0 Å². The molecular formula is C24H28N4O3. The fourth-order valence-corrected chi connectivity index (χ4v) is 3.98. The number of likely N-dealkylation sites (tertiary alicyclic amines) is 1. The molecule has 1 aromatic heterocycles. The Labute approximate surface area is 182 Å². The fraction of sp³-hybridized carbons (Fsp3) is 0.333. The van der Waals surface area contributed by atoms with Crippen LogP contribution in [0.25, 0.3) is 11.1 Å². The van der Waals surface area contributed by atoms with Gasteiger partial charge in [-0.1, -0.05) is 41.6 Å². The van der Waals surface area contributed by atoms with Crippen LogP contribution in [0.3, 0.4) is 0 Å². The van der Waals surface area contributed by atoms with Crippen LogP contribution in [0.2, 0.25) is 0 Å². The van der Waals surface area contributed by atoms with Gasteiger partial charge in [-0.05, 0) is 49.9 Å². The summed E-state index contributed by atoms with van der Waals surface area (Å²) < 4.78 is 10.7. The Morgan fingerprint density at radius 1 is 1.19 bits per heavy atom. The number of nitrogens with zero attached hydrogens (tertiary/aromatic N) is 2. The van der Waals surface area contributed by atoms with Crippen molar-refractivity contribution in [2.24, 2.45) is 0 Å². The molecule has 1 amide bonds. The number of amides is 1. The Balaban J connectivity index is 1.30. The molecule has 0 radical (unpaired) electrons. The predicted octanol–water partition coefficient (Wildman–Crippen LogP) is 4.75. The fourth-order valence-electron chi connectivity index (χ4n) is 3.98. The Kier molecular flexibility index (Phi) is 6.11. The van der Waals surface area contributed by atoms with Crippen LogP contribution in [-0.4, -0.2) is 35.3 Å². The topological polar surface area (TPSA) is 93.6 Å². The number of nitrogen functional groups attached to an aromatic ring is 1. The number of ether oxygens (including phenoxy) is 1. The first-order valence-corrected chi connectivity index (χ1v) is 10.6. The highest BCUT2D eigenvalue weighted by Gasteiger charge is 2.24. The molecule has 0 atom stereocenters. The van der Waals surface area contributed by atoms with E-state index in [1.807, 2.05) is 62.4 Å².